The van der Waals surface area contributed by atoms with Gasteiger partial charge in [0.1, 0.15) is 0 Å². The number of hydrogen-bond donors (Lipinski definition) is 1. The van der Waals surface area contributed by atoms with Gasteiger partial charge >= 0.3 is 0 Å². The predicted molar refractivity (Wildman–Crippen MR) is 69.8 cm³/mol. The number of benzene rings is 1. The minimum Gasteiger partial charge on any atom is -0.397 e. The normalized spacial score (nSPS) is 17.7. The van der Waals surface area contributed by atoms with Gasteiger partial charge in [0.05, 0.1) is 11.4 Å². The molecule has 1 aliphatic rings. The predicted octanol–water partition coefficient (Wildman–Crippen LogP) is 1.80. The van der Waals surface area contributed by atoms with E-state index in [1.807, 2.05) is 12.1 Å². The quantitative estimate of drug-likeness (QED) is 0.787. The number of anilines is 2. The number of piperazine rings is 1. The van der Waals surface area contributed by atoms with Gasteiger partial charge in [0.2, 0.25) is 0 Å². The van der Waals surface area contributed by atoms with Crippen LogP contribution in [0.3, 0.4) is 0 Å². The molecule has 1 fully saturated rings. The Morgan fingerprint density at radius 2 is 1.81 bits per heavy atom. The van der Waals surface area contributed by atoms with Crippen LogP contribution in [0.25, 0.3) is 0 Å². The van der Waals surface area contributed by atoms with E-state index in [0.717, 1.165) is 31.9 Å². The Kier molecular flexibility index (Phi) is 3.67. The highest BCUT2D eigenvalue weighted by Gasteiger charge is 2.17. The summed E-state index contributed by atoms with van der Waals surface area (Å²) in [5.41, 5.74) is 8.08. The Labute approximate surface area is 97.8 Å². The second-order valence-electron chi connectivity index (χ2n) is 4.39. The van der Waals surface area contributed by atoms with E-state index in [1.165, 1.54) is 18.7 Å². The largest absolute Gasteiger partial charge is 0.397 e. The molecule has 0 bridgehead atoms. The Bertz CT molecular complexity index is 330. The fraction of sp³-hybridized carbons (Fsp3) is 0.538. The van der Waals surface area contributed by atoms with E-state index in [2.05, 4.69) is 28.9 Å². The van der Waals surface area contributed by atoms with E-state index in [9.17, 15) is 0 Å². The van der Waals surface area contributed by atoms with Gasteiger partial charge in [-0.1, -0.05) is 19.1 Å². The fourth-order valence-electron chi connectivity index (χ4n) is 2.30. The SMILES string of the molecule is CCCN1CCN(c2ccccc2N)CC1. The van der Waals surface area contributed by atoms with Gasteiger partial charge in [0.25, 0.3) is 0 Å². The van der Waals surface area contributed by atoms with E-state index in [-0.39, 0.29) is 0 Å². The van der Waals surface area contributed by atoms with Crippen molar-refractivity contribution in [3.05, 3.63) is 24.3 Å². The number of para-hydroxylation sites is 2. The Morgan fingerprint density at radius 1 is 1.12 bits per heavy atom. The zero-order chi connectivity index (χ0) is 11.4. The van der Waals surface area contributed by atoms with Crippen LogP contribution in [0.5, 0.6) is 0 Å². The van der Waals surface area contributed by atoms with Crippen molar-refractivity contribution < 1.29 is 0 Å². The number of nitrogens with zero attached hydrogens (tertiary/aromatic N) is 2. The van der Waals surface area contributed by atoms with E-state index in [0.29, 0.717) is 0 Å². The molecule has 0 aliphatic carbocycles. The van der Waals surface area contributed by atoms with E-state index >= 15 is 0 Å². The molecule has 0 radical (unpaired) electrons. The summed E-state index contributed by atoms with van der Waals surface area (Å²) in [6.07, 6.45) is 1.24. The van der Waals surface area contributed by atoms with Crippen molar-refractivity contribution >= 4 is 11.4 Å². The summed E-state index contributed by atoms with van der Waals surface area (Å²) in [6.45, 7) is 7.95. The number of nitrogens with two attached hydrogens (primary N) is 1. The molecule has 0 saturated carbocycles. The topological polar surface area (TPSA) is 32.5 Å². The molecule has 1 aliphatic heterocycles. The highest BCUT2D eigenvalue weighted by Crippen LogP contribution is 2.23. The molecule has 1 aromatic carbocycles. The Hall–Kier alpha value is -1.22. The lowest BCUT2D eigenvalue weighted by Crippen LogP contribution is -2.46. The average Bonchev–Trinajstić information content (AvgIpc) is 2.31. The molecule has 0 aromatic heterocycles. The zero-order valence-corrected chi connectivity index (χ0v) is 10.0. The first-order valence-corrected chi connectivity index (χ1v) is 6.13. The van der Waals surface area contributed by atoms with Gasteiger partial charge in [-0.05, 0) is 25.1 Å². The number of nitrogen functional groups attached to an aromatic ring is 1. The van der Waals surface area contributed by atoms with Gasteiger partial charge in [-0.15, -0.1) is 0 Å². The van der Waals surface area contributed by atoms with Crippen molar-refractivity contribution in [1.82, 2.24) is 4.90 Å². The molecule has 1 aromatic rings. The molecule has 0 atom stereocenters. The van der Waals surface area contributed by atoms with Gasteiger partial charge in [-0.3, -0.25) is 4.90 Å². The lowest BCUT2D eigenvalue weighted by atomic mass is 10.2. The first-order valence-electron chi connectivity index (χ1n) is 6.13. The van der Waals surface area contributed by atoms with Gasteiger partial charge < -0.3 is 10.6 Å². The van der Waals surface area contributed by atoms with Crippen LogP contribution in [0.1, 0.15) is 13.3 Å². The van der Waals surface area contributed by atoms with Crippen molar-refractivity contribution in [2.24, 2.45) is 0 Å². The summed E-state index contributed by atoms with van der Waals surface area (Å²) in [5.74, 6) is 0. The standard InChI is InChI=1S/C13H21N3/c1-2-7-15-8-10-16(11-9-15)13-6-4-3-5-12(13)14/h3-6H,2,7-11,14H2,1H3. The summed E-state index contributed by atoms with van der Waals surface area (Å²) in [7, 11) is 0. The summed E-state index contributed by atoms with van der Waals surface area (Å²) in [6, 6.07) is 8.15. The lowest BCUT2D eigenvalue weighted by molar-refractivity contribution is 0.258. The van der Waals surface area contributed by atoms with Gasteiger partial charge in [-0.25, -0.2) is 0 Å². The third-order valence-corrected chi connectivity index (χ3v) is 3.19. The van der Waals surface area contributed by atoms with Crippen molar-refractivity contribution in [1.29, 1.82) is 0 Å². The van der Waals surface area contributed by atoms with Crippen LogP contribution in [0, 0.1) is 0 Å². The van der Waals surface area contributed by atoms with Crippen molar-refractivity contribution in [2.75, 3.05) is 43.4 Å². The van der Waals surface area contributed by atoms with Gasteiger partial charge in [-0.2, -0.15) is 0 Å². The third kappa shape index (κ3) is 2.47. The fourth-order valence-corrected chi connectivity index (χ4v) is 2.30. The smallest absolute Gasteiger partial charge is 0.0600 e. The van der Waals surface area contributed by atoms with Crippen LogP contribution in [-0.4, -0.2) is 37.6 Å². The molecule has 0 unspecified atom stereocenters. The van der Waals surface area contributed by atoms with Crippen LogP contribution in [0.4, 0.5) is 11.4 Å². The van der Waals surface area contributed by atoms with Crippen LogP contribution < -0.4 is 10.6 Å². The molecule has 2 N–H and O–H groups in total. The molecule has 1 heterocycles. The molecule has 2 rings (SSSR count). The Morgan fingerprint density at radius 3 is 2.44 bits per heavy atom. The highest BCUT2D eigenvalue weighted by molar-refractivity contribution is 5.67. The Balaban J connectivity index is 1.96. The van der Waals surface area contributed by atoms with Crippen LogP contribution in [-0.2, 0) is 0 Å². The maximum atomic E-state index is 5.99. The van der Waals surface area contributed by atoms with Crippen molar-refractivity contribution in [3.8, 4) is 0 Å². The molecular weight excluding hydrogens is 198 g/mol. The number of hydrogen-bond acceptors (Lipinski definition) is 3. The third-order valence-electron chi connectivity index (χ3n) is 3.19. The van der Waals surface area contributed by atoms with Crippen LogP contribution in [0.15, 0.2) is 24.3 Å². The lowest BCUT2D eigenvalue weighted by Gasteiger charge is -2.36. The second kappa shape index (κ2) is 5.21. The molecule has 3 heteroatoms. The zero-order valence-electron chi connectivity index (χ0n) is 10.0. The minimum absolute atomic E-state index is 0.895. The first kappa shape index (κ1) is 11.3. The molecule has 0 spiro atoms. The minimum atomic E-state index is 0.895. The monoisotopic (exact) mass is 219 g/mol. The van der Waals surface area contributed by atoms with Crippen LogP contribution in [0.2, 0.25) is 0 Å². The molecular formula is C13H21N3. The maximum Gasteiger partial charge on any atom is 0.0600 e. The van der Waals surface area contributed by atoms with Crippen molar-refractivity contribution in [3.63, 3.8) is 0 Å². The van der Waals surface area contributed by atoms with Gasteiger partial charge in [0.15, 0.2) is 0 Å². The molecule has 0 amide bonds. The average molecular weight is 219 g/mol. The van der Waals surface area contributed by atoms with Crippen molar-refractivity contribution in [2.45, 2.75) is 13.3 Å². The second-order valence-corrected chi connectivity index (χ2v) is 4.39. The van der Waals surface area contributed by atoms with Gasteiger partial charge in [0, 0.05) is 26.2 Å². The summed E-state index contributed by atoms with van der Waals surface area (Å²) in [5, 5.41) is 0. The molecule has 16 heavy (non-hydrogen) atoms. The summed E-state index contributed by atoms with van der Waals surface area (Å²) < 4.78 is 0. The highest BCUT2D eigenvalue weighted by atomic mass is 15.3. The van der Waals surface area contributed by atoms with E-state index in [4.69, 9.17) is 5.73 Å². The summed E-state index contributed by atoms with van der Waals surface area (Å²) >= 11 is 0. The van der Waals surface area contributed by atoms with Crippen LogP contribution >= 0.6 is 0 Å². The summed E-state index contributed by atoms with van der Waals surface area (Å²) in [4.78, 5) is 4.91. The first-order chi connectivity index (χ1) is 7.81. The maximum absolute atomic E-state index is 5.99. The molecule has 88 valence electrons. The molecule has 3 nitrogen and oxygen atoms in total. The van der Waals surface area contributed by atoms with E-state index in [1.54, 1.807) is 0 Å². The molecule has 1 saturated heterocycles. The van der Waals surface area contributed by atoms with E-state index < -0.39 is 0 Å². The number of rotatable bonds is 3.